The molecule has 74 valence electrons. The maximum absolute atomic E-state index is 12.0. The quantitative estimate of drug-likeness (QED) is 0.675. The fourth-order valence-electron chi connectivity index (χ4n) is 1.49. The Kier molecular flexibility index (Phi) is 1.97. The van der Waals surface area contributed by atoms with Crippen LogP contribution in [0.4, 0.5) is 0 Å². The zero-order chi connectivity index (χ0) is 10.3. The van der Waals surface area contributed by atoms with Crippen molar-refractivity contribution in [1.29, 1.82) is 0 Å². The van der Waals surface area contributed by atoms with Crippen LogP contribution < -0.4 is 0 Å². The minimum atomic E-state index is 0.0995. The lowest BCUT2D eigenvalue weighted by Crippen LogP contribution is -1.95. The van der Waals surface area contributed by atoms with Crippen molar-refractivity contribution in [2.24, 2.45) is 0 Å². The van der Waals surface area contributed by atoms with E-state index in [1.165, 1.54) is 10.1 Å². The van der Waals surface area contributed by atoms with Crippen LogP contribution in [-0.2, 0) is 0 Å². The molecule has 0 aliphatic rings. The molecule has 0 fully saturated rings. The molecule has 0 saturated carbocycles. The van der Waals surface area contributed by atoms with Gasteiger partial charge in [0.05, 0.1) is 4.88 Å². The van der Waals surface area contributed by atoms with Gasteiger partial charge in [0.25, 0.3) is 0 Å². The van der Waals surface area contributed by atoms with Gasteiger partial charge in [-0.05, 0) is 17.5 Å². The Balaban J connectivity index is 2.07. The van der Waals surface area contributed by atoms with Gasteiger partial charge in [0.1, 0.15) is 0 Å². The molecule has 0 spiro atoms. The van der Waals surface area contributed by atoms with Crippen molar-refractivity contribution >= 4 is 38.5 Å². The highest BCUT2D eigenvalue weighted by molar-refractivity contribution is 7.24. The average molecular weight is 233 g/mol. The summed E-state index contributed by atoms with van der Waals surface area (Å²) in [6.07, 6.45) is 3.50. The molecule has 0 aliphatic carbocycles. The van der Waals surface area contributed by atoms with Crippen LogP contribution in [0.1, 0.15) is 15.2 Å². The van der Waals surface area contributed by atoms with Crippen LogP contribution in [0.15, 0.2) is 35.3 Å². The van der Waals surface area contributed by atoms with Crippen LogP contribution in [0.3, 0.4) is 0 Å². The molecule has 0 radical (unpaired) electrons. The van der Waals surface area contributed by atoms with Gasteiger partial charge in [0.2, 0.25) is 5.78 Å². The molecular formula is C11H7NOS2. The smallest absolute Gasteiger partial charge is 0.204 e. The first-order valence-corrected chi connectivity index (χ1v) is 6.24. The third-order valence-electron chi connectivity index (χ3n) is 2.25. The molecule has 3 heterocycles. The second-order valence-electron chi connectivity index (χ2n) is 3.23. The molecule has 4 heteroatoms. The van der Waals surface area contributed by atoms with E-state index in [9.17, 15) is 4.79 Å². The second kappa shape index (κ2) is 3.32. The van der Waals surface area contributed by atoms with Crippen molar-refractivity contribution in [3.05, 3.63) is 45.7 Å². The van der Waals surface area contributed by atoms with Gasteiger partial charge in [-0.15, -0.1) is 11.3 Å². The highest BCUT2D eigenvalue weighted by Gasteiger charge is 2.12. The minimum absolute atomic E-state index is 0.0995. The fourth-order valence-corrected chi connectivity index (χ4v) is 3.46. The summed E-state index contributed by atoms with van der Waals surface area (Å²) in [4.78, 5) is 15.7. The number of rotatable bonds is 2. The zero-order valence-corrected chi connectivity index (χ0v) is 9.32. The van der Waals surface area contributed by atoms with E-state index in [0.717, 1.165) is 10.4 Å². The molecule has 2 nitrogen and oxygen atoms in total. The van der Waals surface area contributed by atoms with Crippen LogP contribution in [0, 0.1) is 0 Å². The topological polar surface area (TPSA) is 32.9 Å². The fraction of sp³-hybridized carbons (Fsp3) is 0. The van der Waals surface area contributed by atoms with Crippen molar-refractivity contribution in [2.75, 3.05) is 0 Å². The Morgan fingerprint density at radius 2 is 2.27 bits per heavy atom. The summed E-state index contributed by atoms with van der Waals surface area (Å²) in [7, 11) is 0. The lowest BCUT2D eigenvalue weighted by molar-refractivity contribution is 0.104. The summed E-state index contributed by atoms with van der Waals surface area (Å²) in [5, 5.41) is 5.32. The lowest BCUT2D eigenvalue weighted by atomic mass is 10.2. The summed E-state index contributed by atoms with van der Waals surface area (Å²) >= 11 is 3.23. The first kappa shape index (κ1) is 8.88. The third-order valence-corrected chi connectivity index (χ3v) is 4.25. The Morgan fingerprint density at radius 3 is 3.00 bits per heavy atom. The van der Waals surface area contributed by atoms with E-state index in [1.54, 1.807) is 41.1 Å². The first-order chi connectivity index (χ1) is 7.34. The Labute approximate surface area is 94.2 Å². The molecule has 0 saturated heterocycles. The molecule has 15 heavy (non-hydrogen) atoms. The molecule has 3 aromatic heterocycles. The summed E-state index contributed by atoms with van der Waals surface area (Å²) in [6, 6.07) is 3.77. The normalized spacial score (nSPS) is 10.9. The number of aromatic amines is 1. The van der Waals surface area contributed by atoms with Crippen LogP contribution >= 0.6 is 22.7 Å². The Hall–Kier alpha value is -1.39. The summed E-state index contributed by atoms with van der Waals surface area (Å²) < 4.78 is 1.19. The van der Waals surface area contributed by atoms with Crippen molar-refractivity contribution in [3.63, 3.8) is 0 Å². The number of ketones is 1. The molecular weight excluding hydrogens is 226 g/mol. The van der Waals surface area contributed by atoms with Gasteiger partial charge in [-0.1, -0.05) is 0 Å². The average Bonchev–Trinajstić information content (AvgIpc) is 2.92. The van der Waals surface area contributed by atoms with Gasteiger partial charge in [-0.2, -0.15) is 11.3 Å². The third kappa shape index (κ3) is 1.42. The van der Waals surface area contributed by atoms with Gasteiger partial charge >= 0.3 is 0 Å². The lowest BCUT2D eigenvalue weighted by Gasteiger charge is -1.90. The minimum Gasteiger partial charge on any atom is -0.367 e. The van der Waals surface area contributed by atoms with Gasteiger partial charge in [-0.3, -0.25) is 4.79 Å². The number of hydrogen-bond donors (Lipinski definition) is 1. The van der Waals surface area contributed by atoms with E-state index in [-0.39, 0.29) is 5.78 Å². The predicted octanol–water partition coefficient (Wildman–Crippen LogP) is 3.52. The molecule has 3 aromatic rings. The molecule has 0 atom stereocenters. The largest absolute Gasteiger partial charge is 0.367 e. The molecule has 0 aliphatic heterocycles. The van der Waals surface area contributed by atoms with E-state index < -0.39 is 0 Å². The van der Waals surface area contributed by atoms with Crippen LogP contribution in [-0.4, -0.2) is 10.8 Å². The van der Waals surface area contributed by atoms with Gasteiger partial charge < -0.3 is 4.98 Å². The van der Waals surface area contributed by atoms with E-state index in [1.807, 2.05) is 6.07 Å². The Morgan fingerprint density at radius 1 is 1.33 bits per heavy atom. The van der Waals surface area contributed by atoms with E-state index in [4.69, 9.17) is 0 Å². The standard InChI is InChI=1S/C11H7NOS2/c13-11(7-1-2-12-4-7)9-3-8-5-14-6-10(8)15-9/h1-6,12H. The van der Waals surface area contributed by atoms with E-state index in [0.29, 0.717) is 0 Å². The maximum Gasteiger partial charge on any atom is 0.204 e. The number of carbonyl (C=O) groups excluding carboxylic acids is 1. The van der Waals surface area contributed by atoms with Crippen LogP contribution in [0.5, 0.6) is 0 Å². The number of fused-ring (bicyclic) bond motifs is 1. The summed E-state index contributed by atoms with van der Waals surface area (Å²) in [5.74, 6) is 0.0995. The van der Waals surface area contributed by atoms with Crippen molar-refractivity contribution < 1.29 is 4.79 Å². The van der Waals surface area contributed by atoms with Crippen molar-refractivity contribution in [3.8, 4) is 0 Å². The molecule has 0 bridgehead atoms. The first-order valence-electron chi connectivity index (χ1n) is 4.48. The summed E-state index contributed by atoms with van der Waals surface area (Å²) in [6.45, 7) is 0. The van der Waals surface area contributed by atoms with Gasteiger partial charge in [-0.25, -0.2) is 0 Å². The zero-order valence-electron chi connectivity index (χ0n) is 7.69. The molecule has 0 aromatic carbocycles. The monoisotopic (exact) mass is 233 g/mol. The highest BCUT2D eigenvalue weighted by Crippen LogP contribution is 2.30. The van der Waals surface area contributed by atoms with Crippen LogP contribution in [0.25, 0.3) is 10.1 Å². The number of thiophene rings is 2. The van der Waals surface area contributed by atoms with E-state index >= 15 is 0 Å². The highest BCUT2D eigenvalue weighted by atomic mass is 32.1. The number of nitrogens with one attached hydrogen (secondary N) is 1. The van der Waals surface area contributed by atoms with E-state index in [2.05, 4.69) is 15.7 Å². The number of H-pyrrole nitrogens is 1. The predicted molar refractivity (Wildman–Crippen MR) is 63.9 cm³/mol. The van der Waals surface area contributed by atoms with Crippen molar-refractivity contribution in [1.82, 2.24) is 4.98 Å². The van der Waals surface area contributed by atoms with Gasteiger partial charge in [0.15, 0.2) is 0 Å². The van der Waals surface area contributed by atoms with Gasteiger partial charge in [0, 0.05) is 33.4 Å². The molecule has 0 amide bonds. The molecule has 0 unspecified atom stereocenters. The second-order valence-corrected chi connectivity index (χ2v) is 5.06. The maximum atomic E-state index is 12.0. The summed E-state index contributed by atoms with van der Waals surface area (Å²) in [5.41, 5.74) is 0.725. The SMILES string of the molecule is O=C(c1cc[nH]c1)c1cc2cscc2s1. The number of aromatic nitrogens is 1. The Bertz CT molecular complexity index is 575. The number of hydrogen-bond acceptors (Lipinski definition) is 3. The molecule has 3 rings (SSSR count). The van der Waals surface area contributed by atoms with Crippen LogP contribution in [0.2, 0.25) is 0 Å². The van der Waals surface area contributed by atoms with Crippen molar-refractivity contribution in [2.45, 2.75) is 0 Å². The number of carbonyl (C=O) groups is 1. The molecule has 1 N–H and O–H groups in total.